The first-order valence-corrected chi connectivity index (χ1v) is 8.02. The van der Waals surface area contributed by atoms with Crippen molar-refractivity contribution in [2.75, 3.05) is 25.6 Å². The molecule has 0 unspecified atom stereocenters. The summed E-state index contributed by atoms with van der Waals surface area (Å²) in [4.78, 5) is 25.8. The first kappa shape index (κ1) is 16.8. The SMILES string of the molecule is CCOC(=O)c1cc2cc(-c3ccc(N(C)C)cc3)ccc2oc1=O. The molecule has 1 heterocycles. The number of nitrogens with zero attached hydrogens (tertiary/aromatic N) is 1. The molecular weight excluding hydrogens is 318 g/mol. The minimum Gasteiger partial charge on any atom is -0.462 e. The van der Waals surface area contributed by atoms with E-state index in [-0.39, 0.29) is 12.2 Å². The third-order valence-corrected chi connectivity index (χ3v) is 3.94. The number of carbonyl (C=O) groups is 1. The molecule has 2 aromatic carbocycles. The van der Waals surface area contributed by atoms with Crippen molar-refractivity contribution in [3.63, 3.8) is 0 Å². The summed E-state index contributed by atoms with van der Waals surface area (Å²) >= 11 is 0. The highest BCUT2D eigenvalue weighted by molar-refractivity contribution is 5.93. The molecule has 0 atom stereocenters. The van der Waals surface area contributed by atoms with E-state index in [0.29, 0.717) is 11.0 Å². The monoisotopic (exact) mass is 337 g/mol. The third kappa shape index (κ3) is 3.40. The molecule has 0 bridgehead atoms. The molecule has 0 spiro atoms. The van der Waals surface area contributed by atoms with E-state index in [1.54, 1.807) is 13.0 Å². The molecule has 3 aromatic rings. The van der Waals surface area contributed by atoms with Gasteiger partial charge in [-0.25, -0.2) is 9.59 Å². The molecule has 1 aromatic heterocycles. The molecule has 0 fully saturated rings. The highest BCUT2D eigenvalue weighted by atomic mass is 16.5. The number of hydrogen-bond donors (Lipinski definition) is 0. The second-order valence-corrected chi connectivity index (χ2v) is 5.86. The van der Waals surface area contributed by atoms with Gasteiger partial charge in [-0.2, -0.15) is 0 Å². The molecule has 0 saturated heterocycles. The zero-order chi connectivity index (χ0) is 18.0. The number of carbonyl (C=O) groups excluding carboxylic acids is 1. The van der Waals surface area contributed by atoms with Crippen molar-refractivity contribution in [3.8, 4) is 11.1 Å². The molecule has 0 aliphatic heterocycles. The zero-order valence-corrected chi connectivity index (χ0v) is 14.4. The van der Waals surface area contributed by atoms with Gasteiger partial charge in [-0.15, -0.1) is 0 Å². The van der Waals surface area contributed by atoms with Crippen LogP contribution >= 0.6 is 0 Å². The van der Waals surface area contributed by atoms with Crippen molar-refractivity contribution in [2.24, 2.45) is 0 Å². The lowest BCUT2D eigenvalue weighted by atomic mass is 10.0. The van der Waals surface area contributed by atoms with Crippen molar-refractivity contribution in [1.82, 2.24) is 0 Å². The lowest BCUT2D eigenvalue weighted by Gasteiger charge is -2.13. The Kier molecular flexibility index (Phi) is 4.57. The van der Waals surface area contributed by atoms with Crippen LogP contribution in [0.3, 0.4) is 0 Å². The zero-order valence-electron chi connectivity index (χ0n) is 14.4. The van der Waals surface area contributed by atoms with E-state index in [0.717, 1.165) is 16.8 Å². The Morgan fingerprint density at radius 1 is 1.04 bits per heavy atom. The molecule has 25 heavy (non-hydrogen) atoms. The average Bonchev–Trinajstić information content (AvgIpc) is 2.61. The maximum atomic E-state index is 11.9. The molecule has 0 amide bonds. The molecule has 5 nitrogen and oxygen atoms in total. The quantitative estimate of drug-likeness (QED) is 0.537. The second kappa shape index (κ2) is 6.81. The number of anilines is 1. The van der Waals surface area contributed by atoms with Crippen molar-refractivity contribution in [1.29, 1.82) is 0 Å². The minimum atomic E-state index is -0.686. The maximum Gasteiger partial charge on any atom is 0.351 e. The van der Waals surface area contributed by atoms with Crippen LogP contribution in [0.5, 0.6) is 0 Å². The van der Waals surface area contributed by atoms with E-state index in [9.17, 15) is 9.59 Å². The number of fused-ring (bicyclic) bond motifs is 1. The van der Waals surface area contributed by atoms with Gasteiger partial charge in [-0.3, -0.25) is 0 Å². The molecule has 5 heteroatoms. The Hall–Kier alpha value is -3.08. The van der Waals surface area contributed by atoms with Crippen LogP contribution in [-0.4, -0.2) is 26.7 Å². The highest BCUT2D eigenvalue weighted by Gasteiger charge is 2.15. The third-order valence-electron chi connectivity index (χ3n) is 3.94. The summed E-state index contributed by atoms with van der Waals surface area (Å²) in [6.45, 7) is 1.89. The van der Waals surface area contributed by atoms with E-state index >= 15 is 0 Å². The average molecular weight is 337 g/mol. The summed E-state index contributed by atoms with van der Waals surface area (Å²) in [5, 5.41) is 0.678. The summed E-state index contributed by atoms with van der Waals surface area (Å²) in [6.07, 6.45) is 0. The van der Waals surface area contributed by atoms with E-state index < -0.39 is 11.6 Å². The van der Waals surface area contributed by atoms with Crippen molar-refractivity contribution >= 4 is 22.6 Å². The van der Waals surface area contributed by atoms with Gasteiger partial charge in [-0.1, -0.05) is 18.2 Å². The van der Waals surface area contributed by atoms with Crippen LogP contribution in [0.1, 0.15) is 17.3 Å². The first-order chi connectivity index (χ1) is 12.0. The predicted octanol–water partition coefficient (Wildman–Crippen LogP) is 3.70. The Morgan fingerprint density at radius 3 is 2.36 bits per heavy atom. The highest BCUT2D eigenvalue weighted by Crippen LogP contribution is 2.26. The smallest absolute Gasteiger partial charge is 0.351 e. The Balaban J connectivity index is 2.05. The minimum absolute atomic E-state index is 0.0885. The van der Waals surface area contributed by atoms with Crippen LogP contribution in [-0.2, 0) is 4.74 Å². The van der Waals surface area contributed by atoms with Gasteiger partial charge in [-0.05, 0) is 48.4 Å². The Bertz CT molecular complexity index is 971. The standard InChI is InChI=1S/C20H19NO4/c1-4-24-19(22)17-12-15-11-14(7-10-18(15)25-20(17)23)13-5-8-16(9-6-13)21(2)3/h5-12H,4H2,1-3H3. The van der Waals surface area contributed by atoms with Crippen molar-refractivity contribution < 1.29 is 13.9 Å². The van der Waals surface area contributed by atoms with Gasteiger partial charge in [0, 0.05) is 25.2 Å². The van der Waals surface area contributed by atoms with Crippen LogP contribution < -0.4 is 10.5 Å². The molecule has 0 aliphatic rings. The Morgan fingerprint density at radius 2 is 1.72 bits per heavy atom. The van der Waals surface area contributed by atoms with Crippen molar-refractivity contribution in [3.05, 3.63) is 64.5 Å². The van der Waals surface area contributed by atoms with Gasteiger partial charge in [0.15, 0.2) is 0 Å². The van der Waals surface area contributed by atoms with Gasteiger partial charge in [0.2, 0.25) is 0 Å². The van der Waals surface area contributed by atoms with E-state index in [2.05, 4.69) is 0 Å². The fourth-order valence-electron chi connectivity index (χ4n) is 2.61. The fraction of sp³-hybridized carbons (Fsp3) is 0.200. The van der Waals surface area contributed by atoms with Gasteiger partial charge >= 0.3 is 11.6 Å². The summed E-state index contributed by atoms with van der Waals surface area (Å²) < 4.78 is 10.1. The van der Waals surface area contributed by atoms with Gasteiger partial charge in [0.1, 0.15) is 11.1 Å². The molecule has 0 aliphatic carbocycles. The topological polar surface area (TPSA) is 59.8 Å². The van der Waals surface area contributed by atoms with Crippen LogP contribution in [0.4, 0.5) is 5.69 Å². The first-order valence-electron chi connectivity index (χ1n) is 8.02. The number of rotatable bonds is 4. The summed E-state index contributed by atoms with van der Waals surface area (Å²) in [5.74, 6) is -0.668. The molecule has 128 valence electrons. The normalized spacial score (nSPS) is 10.7. The number of hydrogen-bond acceptors (Lipinski definition) is 5. The van der Waals surface area contributed by atoms with Crippen LogP contribution in [0.2, 0.25) is 0 Å². The number of esters is 1. The molecule has 3 rings (SSSR count). The van der Waals surface area contributed by atoms with Crippen molar-refractivity contribution in [2.45, 2.75) is 6.92 Å². The largest absolute Gasteiger partial charge is 0.462 e. The van der Waals surface area contributed by atoms with Gasteiger partial charge < -0.3 is 14.1 Å². The van der Waals surface area contributed by atoms with E-state index in [1.807, 2.05) is 55.4 Å². The van der Waals surface area contributed by atoms with Crippen LogP contribution in [0, 0.1) is 0 Å². The van der Waals surface area contributed by atoms with E-state index in [4.69, 9.17) is 9.15 Å². The lowest BCUT2D eigenvalue weighted by molar-refractivity contribution is 0.0522. The summed E-state index contributed by atoms with van der Waals surface area (Å²) in [7, 11) is 3.98. The number of benzene rings is 2. The number of ether oxygens (including phenoxy) is 1. The second-order valence-electron chi connectivity index (χ2n) is 5.86. The molecule has 0 saturated carbocycles. The van der Waals surface area contributed by atoms with Gasteiger partial charge in [0.25, 0.3) is 0 Å². The fourth-order valence-corrected chi connectivity index (χ4v) is 2.61. The maximum absolute atomic E-state index is 11.9. The summed E-state index contributed by atoms with van der Waals surface area (Å²) in [5.41, 5.74) is 2.79. The summed E-state index contributed by atoms with van der Waals surface area (Å²) in [6, 6.07) is 15.2. The molecular formula is C20H19NO4. The lowest BCUT2D eigenvalue weighted by Crippen LogP contribution is -2.16. The molecule has 0 N–H and O–H groups in total. The van der Waals surface area contributed by atoms with Crippen LogP contribution in [0.25, 0.3) is 22.1 Å². The van der Waals surface area contributed by atoms with E-state index in [1.165, 1.54) is 6.07 Å². The Labute approximate surface area is 145 Å². The van der Waals surface area contributed by atoms with Crippen LogP contribution in [0.15, 0.2) is 57.7 Å². The van der Waals surface area contributed by atoms with Gasteiger partial charge in [0.05, 0.1) is 6.61 Å². The molecule has 0 radical (unpaired) electrons. The predicted molar refractivity (Wildman–Crippen MR) is 98.2 cm³/mol.